The van der Waals surface area contributed by atoms with Gasteiger partial charge in [0, 0.05) is 75.4 Å². The average molecular weight is 1510 g/mol. The van der Waals surface area contributed by atoms with Crippen LogP contribution in [0.1, 0.15) is 91.3 Å². The zero-order valence-electron chi connectivity index (χ0n) is 41.4. The minimum atomic E-state index is -1.31. The predicted octanol–water partition coefficient (Wildman–Crippen LogP) is 13.3. The molecule has 3 aliphatic carbocycles. The van der Waals surface area contributed by atoms with Crippen LogP contribution in [0.4, 0.5) is 32.0 Å². The zero-order chi connectivity index (χ0) is 53.8. The minimum absolute atomic E-state index is 0. The zero-order valence-corrected chi connectivity index (χ0v) is 52.2. The molecule has 23 heteroatoms. The molecule has 3 aliphatic heterocycles. The van der Waals surface area contributed by atoms with Crippen molar-refractivity contribution in [1.29, 1.82) is 0 Å². The van der Waals surface area contributed by atoms with E-state index in [1.807, 2.05) is 34.6 Å². The number of thioether (sulfide) groups is 3. The van der Waals surface area contributed by atoms with E-state index in [0.717, 1.165) is 19.9 Å². The van der Waals surface area contributed by atoms with Crippen molar-refractivity contribution >= 4 is 111 Å². The van der Waals surface area contributed by atoms with Crippen molar-refractivity contribution in [1.82, 2.24) is 0 Å². The summed E-state index contributed by atoms with van der Waals surface area (Å²) in [5.41, 5.74) is 9.25. The predicted molar refractivity (Wildman–Crippen MR) is 294 cm³/mol. The van der Waals surface area contributed by atoms with Gasteiger partial charge in [0.2, 0.25) is 0 Å². The third kappa shape index (κ3) is 14.4. The van der Waals surface area contributed by atoms with Gasteiger partial charge in [-0.3, -0.25) is 9.98 Å². The maximum atomic E-state index is 14.4. The van der Waals surface area contributed by atoms with E-state index in [4.69, 9.17) is 24.2 Å². The number of hydrogen-bond acceptors (Lipinski definition) is 12. The molecule has 6 aliphatic rings. The van der Waals surface area contributed by atoms with Crippen molar-refractivity contribution in [3.05, 3.63) is 97.7 Å². The first-order valence-electron chi connectivity index (χ1n) is 23.2. The number of nitrogens with two attached hydrogens (primary N) is 2. The molecule has 3 aromatic carbocycles. The van der Waals surface area contributed by atoms with E-state index in [1.54, 1.807) is 64.0 Å². The summed E-state index contributed by atoms with van der Waals surface area (Å²) in [4.78, 5) is 13.4. The second-order valence-corrected chi connectivity index (χ2v) is 28.5. The van der Waals surface area contributed by atoms with E-state index in [-0.39, 0.29) is 84.7 Å². The Morgan fingerprint density at radius 3 is 1.40 bits per heavy atom. The molecule has 9 nitrogen and oxygen atoms in total. The summed E-state index contributed by atoms with van der Waals surface area (Å²) in [5, 5.41) is 11.4. The SMILES string of the molecule is CC(C)I.CC(C)OC[C@]12C[C@H]1[C@@](CF)(c1cc(N)ccc1F)N=C(N)S2.CC1=N[C@](CF)(c2cc(Br)ccc2F)[C@@H]2C[C@]2(CO)S1.CC1=N[C@](CF)(c2cc(Br)ccc2F)[C@@H]2C[C@]2(COC(C)C)S1.[Ag].[O]=[Ag]. The average Bonchev–Trinajstić information content (AvgIpc) is 4.28. The number of ether oxygens (including phenoxy) is 2. The molecule has 5 N–H and O–H groups in total. The maximum absolute atomic E-state index is 14.4. The number of nitrogens with zero attached hydrogens (tertiary/aromatic N) is 3. The van der Waals surface area contributed by atoms with E-state index in [9.17, 15) is 31.4 Å². The van der Waals surface area contributed by atoms with Crippen LogP contribution in [0.5, 0.6) is 0 Å². The van der Waals surface area contributed by atoms with Crippen LogP contribution in [0.2, 0.25) is 0 Å². The molecule has 9 atom stereocenters. The van der Waals surface area contributed by atoms with Gasteiger partial charge in [0.05, 0.1) is 56.4 Å². The molecule has 0 unspecified atom stereocenters. The molecular formula is C50H62Ag2Br2F6IN5O4S3. The number of anilines is 1. The number of nitrogen functional groups attached to an aromatic ring is 1. The Morgan fingerprint density at radius 1 is 0.658 bits per heavy atom. The molecule has 0 saturated heterocycles. The van der Waals surface area contributed by atoms with Crippen LogP contribution in [-0.2, 0) is 72.8 Å². The Hall–Kier alpha value is -0.249. The van der Waals surface area contributed by atoms with Crippen LogP contribution in [-0.4, -0.2) is 90.6 Å². The van der Waals surface area contributed by atoms with Crippen molar-refractivity contribution < 1.29 is 87.6 Å². The Balaban J connectivity index is 0.000000224. The van der Waals surface area contributed by atoms with Crippen molar-refractivity contribution in [3.63, 3.8) is 0 Å². The van der Waals surface area contributed by atoms with E-state index in [0.29, 0.717) is 46.8 Å². The van der Waals surface area contributed by atoms with Gasteiger partial charge in [-0.05, 0) is 115 Å². The fourth-order valence-electron chi connectivity index (χ4n) is 9.93. The quantitative estimate of drug-likeness (QED) is 0.0501. The number of aliphatic hydroxyl groups is 1. The van der Waals surface area contributed by atoms with E-state index in [1.165, 1.54) is 53.9 Å². The topological polar surface area (TPSA) is 145 Å². The van der Waals surface area contributed by atoms with Gasteiger partial charge in [0.1, 0.15) is 54.1 Å². The van der Waals surface area contributed by atoms with Crippen LogP contribution in [0.3, 0.4) is 0 Å². The number of alkyl halides is 4. The number of aliphatic imine (C=N–C) groups is 3. The third-order valence-electron chi connectivity index (χ3n) is 13.3. The first kappa shape index (κ1) is 65.3. The van der Waals surface area contributed by atoms with Crippen LogP contribution in [0.25, 0.3) is 0 Å². The number of amidine groups is 1. The van der Waals surface area contributed by atoms with Gasteiger partial charge >= 0.3 is 24.3 Å². The molecule has 0 aromatic heterocycles. The van der Waals surface area contributed by atoms with Gasteiger partial charge in [-0.15, -0.1) is 23.5 Å². The number of halogens is 9. The Kier molecular flexibility index (Phi) is 24.0. The molecule has 3 heterocycles. The summed E-state index contributed by atoms with van der Waals surface area (Å²) in [6, 6.07) is 13.3. The number of aliphatic hydroxyl groups excluding tert-OH is 1. The van der Waals surface area contributed by atoms with Crippen LogP contribution < -0.4 is 11.5 Å². The number of benzene rings is 3. The third-order valence-corrected chi connectivity index (χ3v) is 18.3. The summed E-state index contributed by atoms with van der Waals surface area (Å²) >= 11 is 15.3. The molecule has 0 bridgehead atoms. The summed E-state index contributed by atoms with van der Waals surface area (Å²) in [7, 11) is 0. The molecular weight excluding hydrogens is 1450 g/mol. The van der Waals surface area contributed by atoms with Gasteiger partial charge in [-0.25, -0.2) is 31.3 Å². The van der Waals surface area contributed by atoms with Crippen molar-refractivity contribution in [2.24, 2.45) is 38.5 Å². The standard InChI is InChI=1S/C17H20BrF2NOS.C16H21F2N3OS.C14H14BrF2NOS.C3H7I.2Ag.O/c1-10(2)22-9-16-7-15(16)17(8-19,21-11(3)23-16)13-6-12(18)4-5-14(13)20;1-9(2)22-8-15-6-13(15)16(7-17,21-14(20)23-15)11-5-10(19)3-4-12(11)18;1-8-18-14(6-16,12-5-13(12,7-19)20-8)10-4-9(15)2-3-11(10)17;1-3(2)4;;;/h4-6,10,15H,7-9H2,1-3H3;3-5,9,13H,6-8,19H2,1-2H3,(H2,20,21);2-4,12,19H,5-7H2,1H3;3H,1-2H3;;;/t15-,16-,17-;13-,15-,16-;12-,13-,14-;;;;/m111..../s1. The monoisotopic (exact) mass is 1500 g/mol. The molecule has 3 saturated carbocycles. The molecule has 414 valence electrons. The summed E-state index contributed by atoms with van der Waals surface area (Å²) in [6.07, 6.45) is 2.32. The summed E-state index contributed by atoms with van der Waals surface area (Å²) in [5.74, 6) is -1.73. The van der Waals surface area contributed by atoms with E-state index >= 15 is 0 Å². The van der Waals surface area contributed by atoms with Crippen molar-refractivity contribution in [3.8, 4) is 0 Å². The number of rotatable bonds is 13. The van der Waals surface area contributed by atoms with Gasteiger partial charge in [-0.1, -0.05) is 80.1 Å². The van der Waals surface area contributed by atoms with Crippen molar-refractivity contribution in [2.45, 2.75) is 122 Å². The molecule has 3 fully saturated rings. The Labute approximate surface area is 496 Å². The molecule has 1 radical (unpaired) electrons. The molecule has 0 spiro atoms. The summed E-state index contributed by atoms with van der Waals surface area (Å²) in [6.45, 7) is 14.5. The Morgan fingerprint density at radius 2 is 1.00 bits per heavy atom. The van der Waals surface area contributed by atoms with Gasteiger partial charge in [0.25, 0.3) is 0 Å². The van der Waals surface area contributed by atoms with Crippen LogP contribution in [0, 0.1) is 35.2 Å². The summed E-state index contributed by atoms with van der Waals surface area (Å²) < 4.78 is 106. The first-order chi connectivity index (χ1) is 33.9. The van der Waals surface area contributed by atoms with Crippen LogP contribution >= 0.6 is 89.7 Å². The van der Waals surface area contributed by atoms with E-state index < -0.39 is 58.8 Å². The fraction of sp³-hybridized carbons (Fsp3) is 0.580. The first-order valence-corrected chi connectivity index (χ1v) is 29.0. The number of hydrogen-bond donors (Lipinski definition) is 3. The molecule has 0 amide bonds. The number of fused-ring (bicyclic) bond motifs is 3. The van der Waals surface area contributed by atoms with Crippen LogP contribution in [0.15, 0.2) is 78.5 Å². The normalized spacial score (nSPS) is 30.8. The van der Waals surface area contributed by atoms with Gasteiger partial charge < -0.3 is 26.0 Å². The molecule has 9 rings (SSSR count). The molecule has 73 heavy (non-hydrogen) atoms. The fourth-order valence-corrected chi connectivity index (χ4v) is 15.0. The second-order valence-electron chi connectivity index (χ2n) is 19.5. The Bertz CT molecular complexity index is 2400. The second kappa shape index (κ2) is 26.8. The van der Waals surface area contributed by atoms with Gasteiger partial charge in [-0.2, -0.15) is 0 Å². The van der Waals surface area contributed by atoms with Crippen molar-refractivity contribution in [2.75, 3.05) is 45.6 Å². The van der Waals surface area contributed by atoms with E-state index in [2.05, 4.69) is 83.3 Å². The van der Waals surface area contributed by atoms with Gasteiger partial charge in [0.15, 0.2) is 5.17 Å². The molecule has 3 aromatic rings.